The highest BCUT2D eigenvalue weighted by Gasteiger charge is 2.23. The van der Waals surface area contributed by atoms with Crippen molar-refractivity contribution in [1.29, 1.82) is 0 Å². The molecule has 0 spiro atoms. The zero-order valence-corrected chi connectivity index (χ0v) is 11.1. The van der Waals surface area contributed by atoms with E-state index in [4.69, 9.17) is 4.74 Å². The second kappa shape index (κ2) is 6.01. The van der Waals surface area contributed by atoms with Crippen molar-refractivity contribution in [1.82, 2.24) is 5.32 Å². The number of ether oxygens (including phenoxy) is 1. The molecule has 18 heavy (non-hydrogen) atoms. The van der Waals surface area contributed by atoms with Crippen molar-refractivity contribution in [3.05, 3.63) is 35.4 Å². The fourth-order valence-electron chi connectivity index (χ4n) is 2.19. The first kappa shape index (κ1) is 13.1. The SMILES string of the molecule is CCOC(=O)CC(NC)c1ccc(C2CC2)cc1. The lowest BCUT2D eigenvalue weighted by molar-refractivity contribution is -0.143. The summed E-state index contributed by atoms with van der Waals surface area (Å²) in [5.41, 5.74) is 2.57. The van der Waals surface area contributed by atoms with E-state index < -0.39 is 0 Å². The number of hydrogen-bond acceptors (Lipinski definition) is 3. The Morgan fingerprint density at radius 3 is 2.56 bits per heavy atom. The van der Waals surface area contributed by atoms with Crippen LogP contribution >= 0.6 is 0 Å². The molecule has 98 valence electrons. The van der Waals surface area contributed by atoms with Crippen LogP contribution in [0, 0.1) is 0 Å². The molecule has 0 saturated heterocycles. The van der Waals surface area contributed by atoms with E-state index >= 15 is 0 Å². The fourth-order valence-corrected chi connectivity index (χ4v) is 2.19. The van der Waals surface area contributed by atoms with E-state index in [1.807, 2.05) is 14.0 Å². The zero-order chi connectivity index (χ0) is 13.0. The quantitative estimate of drug-likeness (QED) is 0.786. The zero-order valence-electron chi connectivity index (χ0n) is 11.1. The Balaban J connectivity index is 1.99. The highest BCUT2D eigenvalue weighted by atomic mass is 16.5. The van der Waals surface area contributed by atoms with Gasteiger partial charge in [0.05, 0.1) is 13.0 Å². The molecule has 3 heteroatoms. The van der Waals surface area contributed by atoms with E-state index in [9.17, 15) is 4.79 Å². The van der Waals surface area contributed by atoms with Crippen LogP contribution in [0.15, 0.2) is 24.3 Å². The second-order valence-corrected chi connectivity index (χ2v) is 4.79. The molecule has 2 rings (SSSR count). The molecule has 1 unspecified atom stereocenters. The molecular formula is C15H21NO2. The first-order chi connectivity index (χ1) is 8.74. The standard InChI is InChI=1S/C15H21NO2/c1-3-18-15(17)10-14(16-2)13-8-6-12(7-9-13)11-4-5-11/h6-9,11,14,16H,3-5,10H2,1-2H3. The molecule has 0 aromatic heterocycles. The molecule has 1 aliphatic carbocycles. The summed E-state index contributed by atoms with van der Waals surface area (Å²) in [5, 5.41) is 3.17. The van der Waals surface area contributed by atoms with E-state index in [0.717, 1.165) is 11.5 Å². The normalized spacial score (nSPS) is 16.3. The Bertz CT molecular complexity index is 395. The smallest absolute Gasteiger partial charge is 0.307 e. The third-order valence-electron chi connectivity index (χ3n) is 3.41. The maximum atomic E-state index is 11.5. The number of esters is 1. The second-order valence-electron chi connectivity index (χ2n) is 4.79. The molecule has 1 N–H and O–H groups in total. The molecule has 0 heterocycles. The van der Waals surface area contributed by atoms with Gasteiger partial charge in [-0.2, -0.15) is 0 Å². The number of hydrogen-bond donors (Lipinski definition) is 1. The summed E-state index contributed by atoms with van der Waals surface area (Å²) in [4.78, 5) is 11.5. The molecule has 1 fully saturated rings. The minimum absolute atomic E-state index is 0.0392. The van der Waals surface area contributed by atoms with Gasteiger partial charge in [-0.05, 0) is 43.9 Å². The van der Waals surface area contributed by atoms with E-state index in [1.165, 1.54) is 18.4 Å². The molecule has 0 aliphatic heterocycles. The topological polar surface area (TPSA) is 38.3 Å². The summed E-state index contributed by atoms with van der Waals surface area (Å²) >= 11 is 0. The Kier molecular flexibility index (Phi) is 4.37. The summed E-state index contributed by atoms with van der Waals surface area (Å²) < 4.78 is 4.99. The number of carbonyl (C=O) groups excluding carboxylic acids is 1. The predicted molar refractivity (Wildman–Crippen MR) is 71.5 cm³/mol. The summed E-state index contributed by atoms with van der Waals surface area (Å²) in [5.74, 6) is 0.625. The van der Waals surface area contributed by atoms with Crippen molar-refractivity contribution in [2.24, 2.45) is 0 Å². The fraction of sp³-hybridized carbons (Fsp3) is 0.533. The van der Waals surface area contributed by atoms with Crippen molar-refractivity contribution in [2.75, 3.05) is 13.7 Å². The van der Waals surface area contributed by atoms with Crippen LogP contribution in [0.25, 0.3) is 0 Å². The summed E-state index contributed by atoms with van der Waals surface area (Å²) in [6, 6.07) is 8.64. The molecule has 0 amide bonds. The molecule has 1 saturated carbocycles. The molecule has 1 aliphatic rings. The first-order valence-corrected chi connectivity index (χ1v) is 6.67. The lowest BCUT2D eigenvalue weighted by Gasteiger charge is -2.16. The van der Waals surface area contributed by atoms with Crippen LogP contribution < -0.4 is 5.32 Å². The minimum atomic E-state index is -0.150. The van der Waals surface area contributed by atoms with Crippen LogP contribution in [-0.2, 0) is 9.53 Å². The average Bonchev–Trinajstić information content (AvgIpc) is 3.21. The van der Waals surface area contributed by atoms with Crippen molar-refractivity contribution in [3.63, 3.8) is 0 Å². The van der Waals surface area contributed by atoms with Crippen LogP contribution in [0.4, 0.5) is 0 Å². The van der Waals surface area contributed by atoms with Gasteiger partial charge < -0.3 is 10.1 Å². The van der Waals surface area contributed by atoms with E-state index in [0.29, 0.717) is 13.0 Å². The van der Waals surface area contributed by atoms with E-state index in [1.54, 1.807) is 0 Å². The van der Waals surface area contributed by atoms with E-state index in [2.05, 4.69) is 29.6 Å². The van der Waals surface area contributed by atoms with Gasteiger partial charge in [0.25, 0.3) is 0 Å². The van der Waals surface area contributed by atoms with Crippen LogP contribution in [-0.4, -0.2) is 19.6 Å². The van der Waals surface area contributed by atoms with Crippen LogP contribution in [0.5, 0.6) is 0 Å². The minimum Gasteiger partial charge on any atom is -0.466 e. The highest BCUT2D eigenvalue weighted by Crippen LogP contribution is 2.40. The molecular weight excluding hydrogens is 226 g/mol. The van der Waals surface area contributed by atoms with Gasteiger partial charge >= 0.3 is 5.97 Å². The van der Waals surface area contributed by atoms with Crippen LogP contribution in [0.1, 0.15) is 49.3 Å². The lowest BCUT2D eigenvalue weighted by atomic mass is 10.0. The Labute approximate surface area is 109 Å². The molecule has 1 aromatic carbocycles. The maximum Gasteiger partial charge on any atom is 0.307 e. The van der Waals surface area contributed by atoms with Crippen molar-refractivity contribution >= 4 is 5.97 Å². The van der Waals surface area contributed by atoms with Crippen molar-refractivity contribution < 1.29 is 9.53 Å². The third kappa shape index (κ3) is 3.33. The molecule has 1 aromatic rings. The van der Waals surface area contributed by atoms with Crippen molar-refractivity contribution in [3.8, 4) is 0 Å². The number of carbonyl (C=O) groups is 1. The lowest BCUT2D eigenvalue weighted by Crippen LogP contribution is -2.21. The molecule has 0 bridgehead atoms. The molecule has 1 atom stereocenters. The Morgan fingerprint density at radius 2 is 2.06 bits per heavy atom. The highest BCUT2D eigenvalue weighted by molar-refractivity contribution is 5.70. The molecule has 3 nitrogen and oxygen atoms in total. The predicted octanol–water partition coefficient (Wildman–Crippen LogP) is 2.78. The van der Waals surface area contributed by atoms with Gasteiger partial charge in [-0.3, -0.25) is 4.79 Å². The Morgan fingerprint density at radius 1 is 1.39 bits per heavy atom. The summed E-state index contributed by atoms with van der Waals surface area (Å²) in [6.07, 6.45) is 3.02. The van der Waals surface area contributed by atoms with Crippen LogP contribution in [0.2, 0.25) is 0 Å². The average molecular weight is 247 g/mol. The van der Waals surface area contributed by atoms with Crippen molar-refractivity contribution in [2.45, 2.75) is 38.1 Å². The number of benzene rings is 1. The monoisotopic (exact) mass is 247 g/mol. The first-order valence-electron chi connectivity index (χ1n) is 6.67. The largest absolute Gasteiger partial charge is 0.466 e. The van der Waals surface area contributed by atoms with Gasteiger partial charge in [-0.15, -0.1) is 0 Å². The third-order valence-corrected chi connectivity index (χ3v) is 3.41. The van der Waals surface area contributed by atoms with Gasteiger partial charge in [0.2, 0.25) is 0 Å². The number of nitrogens with one attached hydrogen (secondary N) is 1. The maximum absolute atomic E-state index is 11.5. The van der Waals surface area contributed by atoms with Gasteiger partial charge in [-0.1, -0.05) is 24.3 Å². The van der Waals surface area contributed by atoms with Crippen LogP contribution in [0.3, 0.4) is 0 Å². The van der Waals surface area contributed by atoms with Gasteiger partial charge in [0.15, 0.2) is 0 Å². The van der Waals surface area contributed by atoms with E-state index in [-0.39, 0.29) is 12.0 Å². The summed E-state index contributed by atoms with van der Waals surface area (Å²) in [6.45, 7) is 2.27. The van der Waals surface area contributed by atoms with Gasteiger partial charge in [0.1, 0.15) is 0 Å². The summed E-state index contributed by atoms with van der Waals surface area (Å²) in [7, 11) is 1.87. The Hall–Kier alpha value is -1.35. The number of rotatable bonds is 6. The van der Waals surface area contributed by atoms with Gasteiger partial charge in [0, 0.05) is 6.04 Å². The van der Waals surface area contributed by atoms with Gasteiger partial charge in [-0.25, -0.2) is 0 Å². The molecule has 0 radical (unpaired) electrons.